The summed E-state index contributed by atoms with van der Waals surface area (Å²) in [6, 6.07) is 5.50. The van der Waals surface area contributed by atoms with E-state index in [1.54, 1.807) is 37.3 Å². The number of carbonyl (C=O) groups is 2. The maximum Gasteiger partial charge on any atom is 0.270 e. The summed E-state index contributed by atoms with van der Waals surface area (Å²) in [5.74, 6) is 0.634. The highest BCUT2D eigenvalue weighted by molar-refractivity contribution is 7.78. The molecule has 3 aromatic rings. The van der Waals surface area contributed by atoms with Gasteiger partial charge in [-0.3, -0.25) is 9.59 Å². The molecule has 0 bridgehead atoms. The number of anilines is 2. The van der Waals surface area contributed by atoms with Crippen LogP contribution in [0.25, 0.3) is 11.0 Å². The number of carbonyl (C=O) groups excluding carboxylic acids is 2. The number of pyridine rings is 1. The van der Waals surface area contributed by atoms with Crippen molar-refractivity contribution in [1.82, 2.24) is 29.7 Å². The van der Waals surface area contributed by atoms with Crippen molar-refractivity contribution in [3.05, 3.63) is 41.9 Å². The SMILES string of the molecule is CN(C)C(=O)c1cc2cnc(Nc3ccc(C(=O)NCCCN=C=S)cn3)nc2n1C1CCCC1. The van der Waals surface area contributed by atoms with Gasteiger partial charge >= 0.3 is 0 Å². The molecular formula is C24H28N8O2S. The van der Waals surface area contributed by atoms with E-state index in [0.29, 0.717) is 42.5 Å². The van der Waals surface area contributed by atoms with Crippen LogP contribution in [-0.4, -0.2) is 68.6 Å². The molecule has 0 saturated heterocycles. The number of hydrogen-bond acceptors (Lipinski definition) is 8. The van der Waals surface area contributed by atoms with Gasteiger partial charge in [0.1, 0.15) is 17.2 Å². The molecule has 11 heteroatoms. The van der Waals surface area contributed by atoms with E-state index in [-0.39, 0.29) is 17.9 Å². The maximum absolute atomic E-state index is 12.9. The van der Waals surface area contributed by atoms with E-state index in [9.17, 15) is 9.59 Å². The molecule has 1 aliphatic carbocycles. The first-order valence-corrected chi connectivity index (χ1v) is 12.0. The number of amides is 2. The zero-order chi connectivity index (χ0) is 24.8. The summed E-state index contributed by atoms with van der Waals surface area (Å²) in [4.78, 5) is 44.0. The summed E-state index contributed by atoms with van der Waals surface area (Å²) >= 11 is 4.52. The molecule has 3 aromatic heterocycles. The Morgan fingerprint density at radius 2 is 2.03 bits per heavy atom. The van der Waals surface area contributed by atoms with Crippen LogP contribution in [0.5, 0.6) is 0 Å². The van der Waals surface area contributed by atoms with Crippen LogP contribution in [0.4, 0.5) is 11.8 Å². The van der Waals surface area contributed by atoms with E-state index in [1.165, 1.54) is 6.20 Å². The summed E-state index contributed by atoms with van der Waals surface area (Å²) < 4.78 is 2.07. The minimum atomic E-state index is -0.208. The fraction of sp³-hybridized carbons (Fsp3) is 0.417. The molecule has 3 heterocycles. The molecule has 4 rings (SSSR count). The molecule has 0 unspecified atom stereocenters. The van der Waals surface area contributed by atoms with E-state index < -0.39 is 0 Å². The van der Waals surface area contributed by atoms with E-state index in [2.05, 4.69) is 47.5 Å². The van der Waals surface area contributed by atoms with Crippen molar-refractivity contribution in [2.24, 2.45) is 4.99 Å². The fourth-order valence-electron chi connectivity index (χ4n) is 4.22. The summed E-state index contributed by atoms with van der Waals surface area (Å²) in [5, 5.41) is 9.05. The lowest BCUT2D eigenvalue weighted by Gasteiger charge is -2.19. The Morgan fingerprint density at radius 1 is 1.23 bits per heavy atom. The molecule has 0 aliphatic heterocycles. The van der Waals surface area contributed by atoms with Crippen LogP contribution in [-0.2, 0) is 0 Å². The monoisotopic (exact) mass is 492 g/mol. The molecule has 182 valence electrons. The molecule has 0 radical (unpaired) electrons. The second-order valence-corrected chi connectivity index (χ2v) is 8.83. The third-order valence-corrected chi connectivity index (χ3v) is 6.08. The number of nitrogens with one attached hydrogen (secondary N) is 2. The van der Waals surface area contributed by atoms with Crippen LogP contribution in [0.2, 0.25) is 0 Å². The van der Waals surface area contributed by atoms with Crippen molar-refractivity contribution in [3.8, 4) is 0 Å². The van der Waals surface area contributed by atoms with E-state index in [4.69, 9.17) is 4.98 Å². The van der Waals surface area contributed by atoms with Gasteiger partial charge in [-0.05, 0) is 49.7 Å². The van der Waals surface area contributed by atoms with Gasteiger partial charge in [0.05, 0.1) is 17.3 Å². The van der Waals surface area contributed by atoms with Gasteiger partial charge in [0.25, 0.3) is 11.8 Å². The van der Waals surface area contributed by atoms with Crippen molar-refractivity contribution in [3.63, 3.8) is 0 Å². The Kier molecular flexibility index (Phi) is 7.79. The van der Waals surface area contributed by atoms with Crippen LogP contribution in [0.3, 0.4) is 0 Å². The third-order valence-electron chi connectivity index (χ3n) is 5.95. The number of nitrogens with zero attached hydrogens (tertiary/aromatic N) is 6. The van der Waals surface area contributed by atoms with Gasteiger partial charge in [0.15, 0.2) is 0 Å². The first-order valence-electron chi connectivity index (χ1n) is 11.6. The molecule has 1 saturated carbocycles. The Labute approximate surface area is 208 Å². The van der Waals surface area contributed by atoms with Gasteiger partial charge < -0.3 is 20.1 Å². The minimum Gasteiger partial charge on any atom is -0.352 e. The number of thiocarbonyl (C=S) groups is 1. The van der Waals surface area contributed by atoms with Crippen LogP contribution < -0.4 is 10.6 Å². The highest BCUT2D eigenvalue weighted by Gasteiger charge is 2.26. The summed E-state index contributed by atoms with van der Waals surface area (Å²) in [6.07, 6.45) is 8.23. The first kappa shape index (κ1) is 24.4. The number of fused-ring (bicyclic) bond motifs is 1. The highest BCUT2D eigenvalue weighted by atomic mass is 32.1. The number of aliphatic imine (C=N–C) groups is 1. The van der Waals surface area contributed by atoms with Gasteiger partial charge in [0.2, 0.25) is 5.95 Å². The summed E-state index contributed by atoms with van der Waals surface area (Å²) in [7, 11) is 3.51. The molecule has 1 aliphatic rings. The van der Waals surface area contributed by atoms with Gasteiger partial charge in [-0.15, -0.1) is 0 Å². The van der Waals surface area contributed by atoms with Crippen molar-refractivity contribution in [2.45, 2.75) is 38.1 Å². The lowest BCUT2D eigenvalue weighted by atomic mass is 10.2. The largest absolute Gasteiger partial charge is 0.352 e. The molecule has 0 atom stereocenters. The maximum atomic E-state index is 12.9. The number of hydrogen-bond donors (Lipinski definition) is 2. The van der Waals surface area contributed by atoms with Gasteiger partial charge in [-0.1, -0.05) is 12.8 Å². The van der Waals surface area contributed by atoms with Crippen LogP contribution in [0.1, 0.15) is 59.0 Å². The zero-order valence-electron chi connectivity index (χ0n) is 19.8. The van der Waals surface area contributed by atoms with E-state index in [0.717, 1.165) is 36.7 Å². The van der Waals surface area contributed by atoms with E-state index >= 15 is 0 Å². The first-order chi connectivity index (χ1) is 17.0. The van der Waals surface area contributed by atoms with Crippen LogP contribution >= 0.6 is 12.2 Å². The number of aromatic nitrogens is 4. The standard InChI is InChI=1S/C24H28N8O2S/c1-31(2)23(34)19-12-17-14-28-24(30-21(17)32(19)18-6-3-4-7-18)29-20-9-8-16(13-27-20)22(33)26-11-5-10-25-15-35/h8-9,12-14,18H,3-7,10-11H2,1-2H3,(H,26,33)(H,27,28,29,30). The molecular weight excluding hydrogens is 464 g/mol. The quantitative estimate of drug-likeness (QED) is 0.266. The van der Waals surface area contributed by atoms with Crippen molar-refractivity contribution < 1.29 is 9.59 Å². The predicted molar refractivity (Wildman–Crippen MR) is 137 cm³/mol. The molecule has 0 aromatic carbocycles. The molecule has 0 spiro atoms. The highest BCUT2D eigenvalue weighted by Crippen LogP contribution is 2.34. The smallest absolute Gasteiger partial charge is 0.270 e. The van der Waals surface area contributed by atoms with Gasteiger partial charge in [-0.2, -0.15) is 4.98 Å². The average Bonchev–Trinajstić information content (AvgIpc) is 3.51. The average molecular weight is 493 g/mol. The lowest BCUT2D eigenvalue weighted by molar-refractivity contribution is 0.0815. The molecule has 1 fully saturated rings. The Balaban J connectivity index is 1.51. The second-order valence-electron chi connectivity index (χ2n) is 8.65. The molecule has 2 N–H and O–H groups in total. The van der Waals surface area contributed by atoms with Crippen molar-refractivity contribution >= 4 is 52.0 Å². The molecule has 35 heavy (non-hydrogen) atoms. The molecule has 2 amide bonds. The van der Waals surface area contributed by atoms with Crippen LogP contribution in [0.15, 0.2) is 35.6 Å². The lowest BCUT2D eigenvalue weighted by Crippen LogP contribution is -2.25. The van der Waals surface area contributed by atoms with Gasteiger partial charge in [0, 0.05) is 44.5 Å². The summed E-state index contributed by atoms with van der Waals surface area (Å²) in [5.41, 5.74) is 1.81. The zero-order valence-corrected chi connectivity index (χ0v) is 20.6. The predicted octanol–water partition coefficient (Wildman–Crippen LogP) is 3.61. The van der Waals surface area contributed by atoms with Crippen LogP contribution in [0, 0.1) is 0 Å². The number of isothiocyanates is 1. The second kappa shape index (κ2) is 11.2. The topological polar surface area (TPSA) is 117 Å². The van der Waals surface area contributed by atoms with Crippen molar-refractivity contribution in [1.29, 1.82) is 0 Å². The van der Waals surface area contributed by atoms with Gasteiger partial charge in [-0.25, -0.2) is 15.0 Å². The summed E-state index contributed by atoms with van der Waals surface area (Å²) in [6.45, 7) is 1.02. The normalized spacial score (nSPS) is 13.4. The minimum absolute atomic E-state index is 0.0496. The Hall–Kier alpha value is -3.69. The number of rotatable bonds is 9. The molecule has 10 nitrogen and oxygen atoms in total. The van der Waals surface area contributed by atoms with E-state index in [1.807, 2.05) is 6.07 Å². The Bertz CT molecular complexity index is 1260. The van der Waals surface area contributed by atoms with Crippen molar-refractivity contribution in [2.75, 3.05) is 32.5 Å². The third kappa shape index (κ3) is 5.70. The fourth-order valence-corrected chi connectivity index (χ4v) is 4.31. The Morgan fingerprint density at radius 3 is 2.71 bits per heavy atom.